The van der Waals surface area contributed by atoms with Crippen molar-refractivity contribution in [3.8, 4) is 0 Å². The molecule has 0 aliphatic carbocycles. The molecule has 4 rings (SSSR count). The van der Waals surface area contributed by atoms with Gasteiger partial charge in [0.05, 0.1) is 10.5 Å². The fraction of sp³-hybridized carbons (Fsp3) is 0.0833. The van der Waals surface area contributed by atoms with Crippen molar-refractivity contribution < 1.29 is 9.59 Å². The first-order valence-corrected chi connectivity index (χ1v) is 10.9. The van der Waals surface area contributed by atoms with Gasteiger partial charge >= 0.3 is 0 Å². The SMILES string of the molecule is O=C1C(Sc2ccc(Cl)cc2)=C(c2ccc(Cl)cc2)C(=O)N1CCc1ccccc1. The van der Waals surface area contributed by atoms with Crippen LogP contribution in [0.25, 0.3) is 5.57 Å². The van der Waals surface area contributed by atoms with Crippen molar-refractivity contribution in [2.45, 2.75) is 11.3 Å². The Morgan fingerprint density at radius 1 is 0.733 bits per heavy atom. The zero-order valence-electron chi connectivity index (χ0n) is 15.8. The number of hydrogen-bond donors (Lipinski definition) is 0. The molecular formula is C24H17Cl2NO2S. The fourth-order valence-electron chi connectivity index (χ4n) is 3.23. The smallest absolute Gasteiger partial charge is 0.268 e. The van der Waals surface area contributed by atoms with Gasteiger partial charge in [-0.1, -0.05) is 77.4 Å². The third-order valence-corrected chi connectivity index (χ3v) is 6.35. The predicted octanol–water partition coefficient (Wildman–Crippen LogP) is 6.11. The molecule has 0 radical (unpaired) electrons. The highest BCUT2D eigenvalue weighted by Crippen LogP contribution is 2.40. The lowest BCUT2D eigenvalue weighted by Gasteiger charge is -2.15. The maximum Gasteiger partial charge on any atom is 0.268 e. The first kappa shape index (κ1) is 20.7. The van der Waals surface area contributed by atoms with E-state index in [9.17, 15) is 9.59 Å². The van der Waals surface area contributed by atoms with Crippen LogP contribution in [0, 0.1) is 0 Å². The minimum atomic E-state index is -0.283. The number of amides is 2. The molecule has 3 aromatic rings. The molecule has 0 aromatic heterocycles. The second-order valence-electron chi connectivity index (χ2n) is 6.76. The van der Waals surface area contributed by atoms with E-state index in [-0.39, 0.29) is 11.8 Å². The van der Waals surface area contributed by atoms with Gasteiger partial charge in [-0.15, -0.1) is 0 Å². The van der Waals surface area contributed by atoms with E-state index in [0.717, 1.165) is 10.5 Å². The Morgan fingerprint density at radius 3 is 1.97 bits per heavy atom. The molecule has 0 unspecified atom stereocenters. The molecule has 1 heterocycles. The fourth-order valence-corrected chi connectivity index (χ4v) is 4.49. The number of hydrogen-bond acceptors (Lipinski definition) is 3. The van der Waals surface area contributed by atoms with Gasteiger partial charge < -0.3 is 0 Å². The van der Waals surface area contributed by atoms with Crippen LogP contribution in [0.2, 0.25) is 10.0 Å². The average Bonchev–Trinajstić information content (AvgIpc) is 2.99. The summed E-state index contributed by atoms with van der Waals surface area (Å²) in [5.74, 6) is -0.560. The van der Waals surface area contributed by atoms with Crippen molar-refractivity contribution in [2.24, 2.45) is 0 Å². The topological polar surface area (TPSA) is 37.4 Å². The standard InChI is InChI=1S/C24H17Cl2NO2S/c25-18-8-6-17(7-9-18)21-22(30-20-12-10-19(26)11-13-20)24(29)27(23(21)28)15-14-16-4-2-1-3-5-16/h1-13H,14-15H2. The van der Waals surface area contributed by atoms with Crippen molar-refractivity contribution >= 4 is 52.4 Å². The number of rotatable bonds is 6. The van der Waals surface area contributed by atoms with Gasteiger partial charge in [-0.3, -0.25) is 14.5 Å². The second-order valence-corrected chi connectivity index (χ2v) is 8.72. The third kappa shape index (κ3) is 4.46. The Morgan fingerprint density at radius 2 is 1.33 bits per heavy atom. The van der Waals surface area contributed by atoms with Gasteiger partial charge in [-0.05, 0) is 53.9 Å². The molecule has 0 fully saturated rings. The molecule has 3 nitrogen and oxygen atoms in total. The zero-order valence-corrected chi connectivity index (χ0v) is 18.2. The van der Waals surface area contributed by atoms with Crippen LogP contribution in [0.15, 0.2) is 88.7 Å². The normalized spacial score (nSPS) is 14.0. The quantitative estimate of drug-likeness (QED) is 0.422. The third-order valence-electron chi connectivity index (χ3n) is 4.76. The summed E-state index contributed by atoms with van der Waals surface area (Å²) < 4.78 is 0. The molecule has 0 spiro atoms. The highest BCUT2D eigenvalue weighted by molar-refractivity contribution is 8.04. The number of nitrogens with zero attached hydrogens (tertiary/aromatic N) is 1. The van der Waals surface area contributed by atoms with E-state index < -0.39 is 0 Å². The number of halogens is 2. The van der Waals surface area contributed by atoms with Gasteiger partial charge in [0.15, 0.2) is 0 Å². The molecule has 2 amide bonds. The highest BCUT2D eigenvalue weighted by Gasteiger charge is 2.39. The molecule has 1 aliphatic heterocycles. The molecule has 1 aliphatic rings. The first-order chi connectivity index (χ1) is 14.5. The molecule has 0 saturated heterocycles. The Labute approximate surface area is 189 Å². The van der Waals surface area contributed by atoms with E-state index in [1.54, 1.807) is 36.4 Å². The molecule has 6 heteroatoms. The van der Waals surface area contributed by atoms with E-state index in [1.807, 2.05) is 42.5 Å². The molecule has 0 saturated carbocycles. The molecule has 3 aromatic carbocycles. The van der Waals surface area contributed by atoms with Crippen LogP contribution >= 0.6 is 35.0 Å². The van der Waals surface area contributed by atoms with Crippen LogP contribution in [0.5, 0.6) is 0 Å². The Bertz CT molecular complexity index is 1110. The number of thioether (sulfide) groups is 1. The Hall–Kier alpha value is -2.53. The minimum Gasteiger partial charge on any atom is -0.274 e. The first-order valence-electron chi connectivity index (χ1n) is 9.36. The Balaban J connectivity index is 1.66. The lowest BCUT2D eigenvalue weighted by molar-refractivity contribution is -0.136. The van der Waals surface area contributed by atoms with E-state index in [2.05, 4.69) is 0 Å². The molecule has 0 bridgehead atoms. The number of carbonyl (C=O) groups excluding carboxylic acids is 2. The highest BCUT2D eigenvalue weighted by atomic mass is 35.5. The molecule has 0 N–H and O–H groups in total. The lowest BCUT2D eigenvalue weighted by atomic mass is 10.1. The van der Waals surface area contributed by atoms with E-state index in [1.165, 1.54) is 16.7 Å². The average molecular weight is 454 g/mol. The summed E-state index contributed by atoms with van der Waals surface area (Å²) in [6.07, 6.45) is 0.602. The Kier molecular flexibility index (Phi) is 6.28. The van der Waals surface area contributed by atoms with Crippen LogP contribution in [0.4, 0.5) is 0 Å². The van der Waals surface area contributed by atoms with Gasteiger partial charge in [-0.2, -0.15) is 0 Å². The van der Waals surface area contributed by atoms with Crippen molar-refractivity contribution in [2.75, 3.05) is 6.54 Å². The van der Waals surface area contributed by atoms with Gasteiger partial charge in [0.1, 0.15) is 0 Å². The molecule has 150 valence electrons. The van der Waals surface area contributed by atoms with Gasteiger partial charge in [0, 0.05) is 21.5 Å². The summed E-state index contributed by atoms with van der Waals surface area (Å²) >= 11 is 13.3. The van der Waals surface area contributed by atoms with E-state index in [4.69, 9.17) is 23.2 Å². The monoisotopic (exact) mass is 453 g/mol. The van der Waals surface area contributed by atoms with Crippen LogP contribution in [-0.2, 0) is 16.0 Å². The summed E-state index contributed by atoms with van der Waals surface area (Å²) in [4.78, 5) is 29.1. The van der Waals surface area contributed by atoms with Crippen molar-refractivity contribution in [3.05, 3.63) is 105 Å². The predicted molar refractivity (Wildman–Crippen MR) is 123 cm³/mol. The lowest BCUT2D eigenvalue weighted by Crippen LogP contribution is -2.33. The van der Waals surface area contributed by atoms with Gasteiger partial charge in [0.2, 0.25) is 0 Å². The van der Waals surface area contributed by atoms with Gasteiger partial charge in [-0.25, -0.2) is 0 Å². The molecular weight excluding hydrogens is 437 g/mol. The zero-order chi connectivity index (χ0) is 21.1. The summed E-state index contributed by atoms with van der Waals surface area (Å²) in [6, 6.07) is 24.0. The van der Waals surface area contributed by atoms with Crippen molar-refractivity contribution in [3.63, 3.8) is 0 Å². The van der Waals surface area contributed by atoms with E-state index >= 15 is 0 Å². The van der Waals surface area contributed by atoms with E-state index in [0.29, 0.717) is 39.1 Å². The van der Waals surface area contributed by atoms with Crippen LogP contribution in [0.3, 0.4) is 0 Å². The summed E-state index contributed by atoms with van der Waals surface area (Å²) in [5.41, 5.74) is 2.16. The second kappa shape index (κ2) is 9.09. The van der Waals surface area contributed by atoms with Crippen molar-refractivity contribution in [1.82, 2.24) is 4.90 Å². The van der Waals surface area contributed by atoms with Crippen LogP contribution < -0.4 is 0 Å². The maximum atomic E-state index is 13.3. The number of carbonyl (C=O) groups is 2. The van der Waals surface area contributed by atoms with Crippen LogP contribution in [0.1, 0.15) is 11.1 Å². The van der Waals surface area contributed by atoms with Gasteiger partial charge in [0.25, 0.3) is 11.8 Å². The maximum absolute atomic E-state index is 13.3. The minimum absolute atomic E-state index is 0.277. The molecule has 0 atom stereocenters. The summed E-state index contributed by atoms with van der Waals surface area (Å²) in [6.45, 7) is 0.323. The van der Waals surface area contributed by atoms with Crippen LogP contribution in [-0.4, -0.2) is 23.3 Å². The number of imide groups is 1. The summed E-state index contributed by atoms with van der Waals surface area (Å²) in [7, 11) is 0. The largest absolute Gasteiger partial charge is 0.274 e. The van der Waals surface area contributed by atoms with Crippen molar-refractivity contribution in [1.29, 1.82) is 0 Å². The summed E-state index contributed by atoms with van der Waals surface area (Å²) in [5, 5.41) is 1.19. The number of benzene rings is 3. The molecule has 30 heavy (non-hydrogen) atoms.